The Labute approximate surface area is 80.0 Å². The topological polar surface area (TPSA) is 26.3 Å². The molecule has 2 heteroatoms. The molecular weight excluding hydrogens is 164 g/mol. The predicted octanol–water partition coefficient (Wildman–Crippen LogP) is 2.69. The van der Waals surface area contributed by atoms with E-state index in [0.29, 0.717) is 18.9 Å². The smallest absolute Gasteiger partial charge is 0.306 e. The van der Waals surface area contributed by atoms with Crippen LogP contribution in [-0.4, -0.2) is 12.6 Å². The van der Waals surface area contributed by atoms with E-state index in [1.807, 2.05) is 6.92 Å². The first kappa shape index (κ1) is 10.3. The Morgan fingerprint density at radius 1 is 1.38 bits per heavy atom. The van der Waals surface area contributed by atoms with Gasteiger partial charge in [-0.1, -0.05) is 12.2 Å². The van der Waals surface area contributed by atoms with Crippen molar-refractivity contribution in [2.24, 2.45) is 5.92 Å². The van der Waals surface area contributed by atoms with Crippen molar-refractivity contribution in [3.63, 3.8) is 0 Å². The van der Waals surface area contributed by atoms with Gasteiger partial charge in [-0.25, -0.2) is 0 Å². The fourth-order valence-electron chi connectivity index (χ4n) is 1.70. The highest BCUT2D eigenvalue weighted by Crippen LogP contribution is 2.21. The van der Waals surface area contributed by atoms with Gasteiger partial charge in [0.25, 0.3) is 0 Å². The minimum Gasteiger partial charge on any atom is -0.466 e. The maximum Gasteiger partial charge on any atom is 0.306 e. The normalized spacial score (nSPS) is 18.2. The quantitative estimate of drug-likeness (QED) is 0.495. The van der Waals surface area contributed by atoms with Gasteiger partial charge in [0.2, 0.25) is 0 Å². The maximum atomic E-state index is 11.2. The molecule has 0 atom stereocenters. The Morgan fingerprint density at radius 3 is 2.54 bits per heavy atom. The van der Waals surface area contributed by atoms with E-state index < -0.39 is 0 Å². The van der Waals surface area contributed by atoms with E-state index in [-0.39, 0.29) is 5.97 Å². The van der Waals surface area contributed by atoms with Gasteiger partial charge in [-0.15, -0.1) is 0 Å². The third kappa shape index (κ3) is 4.11. The van der Waals surface area contributed by atoms with Gasteiger partial charge in [0.1, 0.15) is 0 Å². The number of carbonyl (C=O) groups is 1. The summed E-state index contributed by atoms with van der Waals surface area (Å²) in [4.78, 5) is 11.2. The lowest BCUT2D eigenvalue weighted by molar-refractivity contribution is -0.144. The van der Waals surface area contributed by atoms with E-state index in [2.05, 4.69) is 12.2 Å². The first-order valence-electron chi connectivity index (χ1n) is 5.13. The summed E-state index contributed by atoms with van der Waals surface area (Å²) >= 11 is 0. The Balaban J connectivity index is 2.23. The van der Waals surface area contributed by atoms with Crippen LogP contribution in [-0.2, 0) is 9.53 Å². The first-order chi connectivity index (χ1) is 6.33. The molecule has 13 heavy (non-hydrogen) atoms. The molecule has 0 amide bonds. The van der Waals surface area contributed by atoms with Crippen LogP contribution in [0.3, 0.4) is 0 Å². The van der Waals surface area contributed by atoms with Crippen LogP contribution in [0.15, 0.2) is 12.2 Å². The highest BCUT2D eigenvalue weighted by Gasteiger charge is 2.14. The Hall–Kier alpha value is -0.790. The third-order valence-electron chi connectivity index (χ3n) is 2.41. The van der Waals surface area contributed by atoms with Crippen LogP contribution >= 0.6 is 0 Å². The lowest BCUT2D eigenvalue weighted by Crippen LogP contribution is -2.11. The minimum absolute atomic E-state index is 0.0330. The number of hydrogen-bond acceptors (Lipinski definition) is 2. The maximum absolute atomic E-state index is 11.2. The molecule has 0 bridgehead atoms. The van der Waals surface area contributed by atoms with E-state index >= 15 is 0 Å². The largest absolute Gasteiger partial charge is 0.466 e. The molecule has 1 aliphatic carbocycles. The van der Waals surface area contributed by atoms with Crippen LogP contribution in [0.25, 0.3) is 0 Å². The Morgan fingerprint density at radius 2 is 2.00 bits per heavy atom. The molecule has 0 saturated carbocycles. The molecule has 0 aliphatic heterocycles. The van der Waals surface area contributed by atoms with Gasteiger partial charge in [0.15, 0.2) is 0 Å². The van der Waals surface area contributed by atoms with Gasteiger partial charge in [0, 0.05) is 6.42 Å². The summed E-state index contributed by atoms with van der Waals surface area (Å²) in [6, 6.07) is 0. The first-order valence-corrected chi connectivity index (χ1v) is 5.13. The fraction of sp³-hybridized carbons (Fsp3) is 0.727. The van der Waals surface area contributed by atoms with Crippen LogP contribution in [0.5, 0.6) is 0 Å². The average molecular weight is 182 g/mol. The predicted molar refractivity (Wildman–Crippen MR) is 52.3 cm³/mol. The number of carbonyl (C=O) groups excluding carboxylic acids is 1. The fourth-order valence-corrected chi connectivity index (χ4v) is 1.70. The van der Waals surface area contributed by atoms with Crippen LogP contribution in [0.1, 0.15) is 39.0 Å². The summed E-state index contributed by atoms with van der Waals surface area (Å²) in [5.41, 5.74) is 0. The standard InChI is InChI=1S/C11H18O2/c1-2-13-11(12)9-10-7-5-3-4-6-8-10/h3-4,10H,2,5-9H2,1H3. The van der Waals surface area contributed by atoms with Gasteiger partial charge in [0.05, 0.1) is 6.61 Å². The van der Waals surface area contributed by atoms with Crippen molar-refractivity contribution in [2.75, 3.05) is 6.61 Å². The number of hydrogen-bond donors (Lipinski definition) is 0. The van der Waals surface area contributed by atoms with Crippen LogP contribution in [0, 0.1) is 5.92 Å². The molecule has 1 rings (SSSR count). The molecule has 0 aromatic carbocycles. The zero-order valence-electron chi connectivity index (χ0n) is 8.29. The van der Waals surface area contributed by atoms with Gasteiger partial charge in [-0.3, -0.25) is 4.79 Å². The molecule has 2 nitrogen and oxygen atoms in total. The molecular formula is C11H18O2. The highest BCUT2D eigenvalue weighted by atomic mass is 16.5. The summed E-state index contributed by atoms with van der Waals surface area (Å²) in [6.07, 6.45) is 9.53. The zero-order valence-corrected chi connectivity index (χ0v) is 8.29. The van der Waals surface area contributed by atoms with Gasteiger partial charge in [-0.2, -0.15) is 0 Å². The van der Waals surface area contributed by atoms with E-state index in [4.69, 9.17) is 4.74 Å². The van der Waals surface area contributed by atoms with Crippen molar-refractivity contribution in [3.8, 4) is 0 Å². The molecule has 0 spiro atoms. The highest BCUT2D eigenvalue weighted by molar-refractivity contribution is 5.69. The molecule has 0 heterocycles. The average Bonchev–Trinajstić information content (AvgIpc) is 2.33. The molecule has 0 saturated heterocycles. The summed E-state index contributed by atoms with van der Waals surface area (Å²) < 4.78 is 4.93. The summed E-state index contributed by atoms with van der Waals surface area (Å²) in [5.74, 6) is 0.503. The second kappa shape index (κ2) is 5.79. The van der Waals surface area contributed by atoms with E-state index in [0.717, 1.165) is 25.7 Å². The van der Waals surface area contributed by atoms with Crippen molar-refractivity contribution >= 4 is 5.97 Å². The van der Waals surface area contributed by atoms with Gasteiger partial charge in [-0.05, 0) is 38.5 Å². The molecule has 0 radical (unpaired) electrons. The molecule has 0 fully saturated rings. The summed E-state index contributed by atoms with van der Waals surface area (Å²) in [7, 11) is 0. The second-order valence-corrected chi connectivity index (χ2v) is 3.50. The SMILES string of the molecule is CCOC(=O)CC1CCC=CCC1. The molecule has 1 aliphatic rings. The minimum atomic E-state index is -0.0330. The lowest BCUT2D eigenvalue weighted by Gasteiger charge is -2.12. The van der Waals surface area contributed by atoms with Crippen LogP contribution in [0.4, 0.5) is 0 Å². The number of esters is 1. The third-order valence-corrected chi connectivity index (χ3v) is 2.41. The van der Waals surface area contributed by atoms with E-state index in [9.17, 15) is 4.79 Å². The van der Waals surface area contributed by atoms with Crippen molar-refractivity contribution in [1.29, 1.82) is 0 Å². The number of rotatable bonds is 3. The van der Waals surface area contributed by atoms with Crippen molar-refractivity contribution < 1.29 is 9.53 Å². The molecule has 0 aromatic rings. The van der Waals surface area contributed by atoms with Crippen LogP contribution < -0.4 is 0 Å². The lowest BCUT2D eigenvalue weighted by atomic mass is 9.96. The molecule has 0 aromatic heterocycles. The zero-order chi connectivity index (χ0) is 9.52. The Kier molecular flexibility index (Phi) is 4.58. The molecule has 0 N–H and O–H groups in total. The van der Waals surface area contributed by atoms with Gasteiger partial charge >= 0.3 is 5.97 Å². The second-order valence-electron chi connectivity index (χ2n) is 3.50. The number of allylic oxidation sites excluding steroid dienone is 2. The van der Waals surface area contributed by atoms with Crippen LogP contribution in [0.2, 0.25) is 0 Å². The van der Waals surface area contributed by atoms with Crippen molar-refractivity contribution in [1.82, 2.24) is 0 Å². The van der Waals surface area contributed by atoms with E-state index in [1.54, 1.807) is 0 Å². The molecule has 74 valence electrons. The summed E-state index contributed by atoms with van der Waals surface area (Å²) in [6.45, 7) is 2.36. The van der Waals surface area contributed by atoms with Crippen molar-refractivity contribution in [3.05, 3.63) is 12.2 Å². The summed E-state index contributed by atoms with van der Waals surface area (Å²) in [5, 5.41) is 0. The van der Waals surface area contributed by atoms with E-state index in [1.165, 1.54) is 0 Å². The Bertz CT molecular complexity index is 175. The van der Waals surface area contributed by atoms with Gasteiger partial charge < -0.3 is 4.74 Å². The molecule has 0 unspecified atom stereocenters. The monoisotopic (exact) mass is 182 g/mol. The van der Waals surface area contributed by atoms with Crippen molar-refractivity contribution in [2.45, 2.75) is 39.0 Å². The number of ether oxygens (including phenoxy) is 1.